The Morgan fingerprint density at radius 1 is 1.05 bits per heavy atom. The lowest BCUT2D eigenvalue weighted by molar-refractivity contribution is 0.628. The topological polar surface area (TPSA) is 12.0 Å². The summed E-state index contributed by atoms with van der Waals surface area (Å²) in [6.07, 6.45) is 0. The lowest BCUT2D eigenvalue weighted by Gasteiger charge is -2.21. The van der Waals surface area contributed by atoms with Gasteiger partial charge in [0.25, 0.3) is 0 Å². The monoisotopic (exact) mass is 391 g/mol. The van der Waals surface area contributed by atoms with E-state index in [2.05, 4.69) is 28.2 Å². The van der Waals surface area contributed by atoms with Crippen LogP contribution < -0.4 is 5.32 Å². The molecule has 0 aliphatic carbocycles. The first-order valence-electron chi connectivity index (χ1n) is 6.16. The maximum atomic E-state index is 6.12. The van der Waals surface area contributed by atoms with E-state index in [-0.39, 0.29) is 6.04 Å². The van der Waals surface area contributed by atoms with Crippen LogP contribution >= 0.6 is 50.7 Å². The first kappa shape index (κ1) is 16.1. The van der Waals surface area contributed by atoms with Gasteiger partial charge < -0.3 is 5.32 Å². The zero-order valence-corrected chi connectivity index (χ0v) is 14.6. The quantitative estimate of drug-likeness (QED) is 0.661. The number of benzene rings is 2. The molecule has 1 nitrogen and oxygen atoms in total. The first-order valence-corrected chi connectivity index (χ1v) is 8.09. The molecule has 0 saturated carbocycles. The summed E-state index contributed by atoms with van der Waals surface area (Å²) in [6.45, 7) is 2.90. The molecule has 1 N–H and O–H groups in total. The molecule has 0 saturated heterocycles. The molecule has 2 aromatic carbocycles. The molecule has 106 valence electrons. The molecule has 0 aliphatic heterocycles. The molecule has 5 heteroatoms. The first-order chi connectivity index (χ1) is 9.52. The summed E-state index contributed by atoms with van der Waals surface area (Å²) in [7, 11) is 0. The molecule has 0 amide bonds. The Morgan fingerprint density at radius 3 is 2.40 bits per heavy atom. The van der Waals surface area contributed by atoms with Crippen molar-refractivity contribution in [3.63, 3.8) is 0 Å². The molecule has 2 rings (SSSR count). The standard InChI is InChI=1S/C15H13BrCl3N/c1-2-20-15(9-3-6-13(18)14(19)7-9)11-5-4-10(17)8-12(11)16/h3-8,15,20H,2H2,1H3. The molecular weight excluding hydrogens is 380 g/mol. The molecule has 2 aromatic rings. The Balaban J connectivity index is 2.47. The van der Waals surface area contributed by atoms with E-state index >= 15 is 0 Å². The van der Waals surface area contributed by atoms with Crippen LogP contribution in [0.1, 0.15) is 24.1 Å². The largest absolute Gasteiger partial charge is 0.306 e. The Hall–Kier alpha value is -0.250. The SMILES string of the molecule is CCNC(c1ccc(Cl)c(Cl)c1)c1ccc(Cl)cc1Br. The Morgan fingerprint density at radius 2 is 1.80 bits per heavy atom. The molecule has 0 heterocycles. The number of halogens is 4. The van der Waals surface area contributed by atoms with Gasteiger partial charge in [0, 0.05) is 9.50 Å². The molecule has 0 radical (unpaired) electrons. The third-order valence-corrected chi connectivity index (χ3v) is 4.62. The van der Waals surface area contributed by atoms with Crippen molar-refractivity contribution in [3.8, 4) is 0 Å². The van der Waals surface area contributed by atoms with Crippen molar-refractivity contribution in [2.45, 2.75) is 13.0 Å². The highest BCUT2D eigenvalue weighted by molar-refractivity contribution is 9.10. The van der Waals surface area contributed by atoms with Gasteiger partial charge in [-0.25, -0.2) is 0 Å². The van der Waals surface area contributed by atoms with E-state index < -0.39 is 0 Å². The highest BCUT2D eigenvalue weighted by atomic mass is 79.9. The van der Waals surface area contributed by atoms with Crippen molar-refractivity contribution < 1.29 is 0 Å². The van der Waals surface area contributed by atoms with Crippen LogP contribution in [0, 0.1) is 0 Å². The minimum Gasteiger partial charge on any atom is -0.306 e. The van der Waals surface area contributed by atoms with Crippen LogP contribution in [-0.4, -0.2) is 6.54 Å². The van der Waals surface area contributed by atoms with Gasteiger partial charge in [0.05, 0.1) is 16.1 Å². The van der Waals surface area contributed by atoms with E-state index in [9.17, 15) is 0 Å². The molecular formula is C15H13BrCl3N. The van der Waals surface area contributed by atoms with Crippen molar-refractivity contribution in [1.82, 2.24) is 5.32 Å². The number of hydrogen-bond acceptors (Lipinski definition) is 1. The summed E-state index contributed by atoms with van der Waals surface area (Å²) in [5.74, 6) is 0. The Labute approximate surface area is 142 Å². The van der Waals surface area contributed by atoms with Gasteiger partial charge in [0.1, 0.15) is 0 Å². The second kappa shape index (κ2) is 7.15. The van der Waals surface area contributed by atoms with Gasteiger partial charge in [-0.15, -0.1) is 0 Å². The summed E-state index contributed by atoms with van der Waals surface area (Å²) in [6, 6.07) is 11.5. The number of hydrogen-bond donors (Lipinski definition) is 1. The fourth-order valence-corrected chi connectivity index (χ4v) is 3.26. The van der Waals surface area contributed by atoms with Crippen molar-refractivity contribution >= 4 is 50.7 Å². The van der Waals surface area contributed by atoms with E-state index in [1.165, 1.54) is 0 Å². The Kier molecular flexibility index (Phi) is 5.76. The van der Waals surface area contributed by atoms with E-state index in [1.54, 1.807) is 0 Å². The highest BCUT2D eigenvalue weighted by Crippen LogP contribution is 2.33. The lowest BCUT2D eigenvalue weighted by atomic mass is 9.98. The maximum Gasteiger partial charge on any atom is 0.0595 e. The second-order valence-electron chi connectivity index (χ2n) is 4.33. The van der Waals surface area contributed by atoms with Gasteiger partial charge in [-0.05, 0) is 41.9 Å². The fourth-order valence-electron chi connectivity index (χ4n) is 2.04. The summed E-state index contributed by atoms with van der Waals surface area (Å²) in [5.41, 5.74) is 2.17. The third-order valence-electron chi connectivity index (χ3n) is 2.96. The van der Waals surface area contributed by atoms with Crippen LogP contribution in [0.3, 0.4) is 0 Å². The Bertz CT molecular complexity index is 616. The van der Waals surface area contributed by atoms with E-state index in [0.29, 0.717) is 15.1 Å². The minimum atomic E-state index is 0.0291. The summed E-state index contributed by atoms with van der Waals surface area (Å²) < 4.78 is 0.960. The molecule has 0 fully saturated rings. The molecule has 1 unspecified atom stereocenters. The molecule has 0 spiro atoms. The summed E-state index contributed by atoms with van der Waals surface area (Å²) >= 11 is 21.7. The molecule has 20 heavy (non-hydrogen) atoms. The lowest BCUT2D eigenvalue weighted by Crippen LogP contribution is -2.22. The van der Waals surface area contributed by atoms with Crippen molar-refractivity contribution in [3.05, 3.63) is 67.1 Å². The van der Waals surface area contributed by atoms with Crippen LogP contribution in [-0.2, 0) is 0 Å². The van der Waals surface area contributed by atoms with Crippen LogP contribution in [0.15, 0.2) is 40.9 Å². The van der Waals surface area contributed by atoms with Crippen LogP contribution in [0.25, 0.3) is 0 Å². The van der Waals surface area contributed by atoms with Crippen LogP contribution in [0.2, 0.25) is 15.1 Å². The van der Waals surface area contributed by atoms with Crippen LogP contribution in [0.5, 0.6) is 0 Å². The third kappa shape index (κ3) is 3.69. The molecule has 0 aliphatic rings. The fraction of sp³-hybridized carbons (Fsp3) is 0.200. The zero-order chi connectivity index (χ0) is 14.7. The zero-order valence-electron chi connectivity index (χ0n) is 10.8. The van der Waals surface area contributed by atoms with E-state index in [4.69, 9.17) is 34.8 Å². The van der Waals surface area contributed by atoms with Gasteiger partial charge in [0.2, 0.25) is 0 Å². The van der Waals surface area contributed by atoms with Gasteiger partial charge in [-0.1, -0.05) is 69.8 Å². The smallest absolute Gasteiger partial charge is 0.0595 e. The van der Waals surface area contributed by atoms with Crippen molar-refractivity contribution in [2.24, 2.45) is 0 Å². The predicted molar refractivity (Wildman–Crippen MR) is 91.1 cm³/mol. The van der Waals surface area contributed by atoms with Crippen molar-refractivity contribution in [2.75, 3.05) is 6.54 Å². The molecule has 1 atom stereocenters. The average Bonchev–Trinajstić information content (AvgIpc) is 2.40. The summed E-state index contributed by atoms with van der Waals surface area (Å²) in [4.78, 5) is 0. The molecule has 0 bridgehead atoms. The number of rotatable bonds is 4. The van der Waals surface area contributed by atoms with Gasteiger partial charge >= 0.3 is 0 Å². The van der Waals surface area contributed by atoms with Gasteiger partial charge in [-0.3, -0.25) is 0 Å². The van der Waals surface area contributed by atoms with Gasteiger partial charge in [0.15, 0.2) is 0 Å². The average molecular weight is 394 g/mol. The summed E-state index contributed by atoms with van der Waals surface area (Å²) in [5, 5.41) is 5.26. The molecule has 0 aromatic heterocycles. The predicted octanol–water partition coefficient (Wildman–Crippen LogP) is 6.11. The highest BCUT2D eigenvalue weighted by Gasteiger charge is 2.17. The van der Waals surface area contributed by atoms with E-state index in [1.807, 2.05) is 36.4 Å². The maximum absolute atomic E-state index is 6.12. The van der Waals surface area contributed by atoms with Crippen LogP contribution in [0.4, 0.5) is 0 Å². The number of nitrogens with one attached hydrogen (secondary N) is 1. The van der Waals surface area contributed by atoms with Crippen molar-refractivity contribution in [1.29, 1.82) is 0 Å². The van der Waals surface area contributed by atoms with Gasteiger partial charge in [-0.2, -0.15) is 0 Å². The minimum absolute atomic E-state index is 0.0291. The van der Waals surface area contributed by atoms with E-state index in [0.717, 1.165) is 22.1 Å². The second-order valence-corrected chi connectivity index (χ2v) is 6.44. The normalized spacial score (nSPS) is 12.4.